The minimum absolute atomic E-state index is 0.0285. The zero-order chi connectivity index (χ0) is 17.9. The predicted octanol–water partition coefficient (Wildman–Crippen LogP) is 2.93. The third-order valence-corrected chi connectivity index (χ3v) is 5.00. The summed E-state index contributed by atoms with van der Waals surface area (Å²) in [7, 11) is 0. The zero-order valence-electron chi connectivity index (χ0n) is 14.9. The van der Waals surface area contributed by atoms with Crippen molar-refractivity contribution >= 4 is 11.7 Å². The summed E-state index contributed by atoms with van der Waals surface area (Å²) in [4.78, 5) is 25.6. The Morgan fingerprint density at radius 1 is 1.15 bits per heavy atom. The largest absolute Gasteiger partial charge is 0.323 e. The lowest BCUT2D eigenvalue weighted by molar-refractivity contribution is 0.212. The van der Waals surface area contributed by atoms with Crippen molar-refractivity contribution in [3.63, 3.8) is 0 Å². The Hall–Kier alpha value is -2.73. The van der Waals surface area contributed by atoms with Crippen molar-refractivity contribution in [3.05, 3.63) is 54.4 Å². The Morgan fingerprint density at radius 3 is 2.65 bits per heavy atom. The maximum atomic E-state index is 12.5. The molecule has 0 aliphatic carbocycles. The molecule has 134 valence electrons. The van der Waals surface area contributed by atoms with Crippen molar-refractivity contribution in [1.29, 1.82) is 0 Å². The van der Waals surface area contributed by atoms with Crippen LogP contribution in [0.5, 0.6) is 0 Å². The summed E-state index contributed by atoms with van der Waals surface area (Å²) in [5.74, 6) is 0.699. The van der Waals surface area contributed by atoms with E-state index in [1.807, 2.05) is 42.2 Å². The number of carbonyl (C=O) groups excluding carboxylic acids is 1. The van der Waals surface area contributed by atoms with Crippen molar-refractivity contribution < 1.29 is 4.79 Å². The highest BCUT2D eigenvalue weighted by Crippen LogP contribution is 2.21. The molecule has 2 amide bonds. The van der Waals surface area contributed by atoms with E-state index in [-0.39, 0.29) is 6.03 Å². The number of aromatic nitrogens is 2. The molecule has 1 aromatic heterocycles. The first-order chi connectivity index (χ1) is 12.7. The number of likely N-dealkylation sites (tertiary alicyclic amines) is 1. The standard InChI is InChI=1S/C20H23N5O/c1-15-8-10-21-19(22-15)16-4-6-17(7-5-16)23-20(26)25-13-9-18(14-25)24-11-2-3-12-24/h2-8,10,18H,9,11-14H2,1H3,(H,23,26). The second kappa shape index (κ2) is 7.25. The fraction of sp³-hybridized carbons (Fsp3) is 0.350. The lowest BCUT2D eigenvalue weighted by Crippen LogP contribution is -2.38. The number of aryl methyl sites for hydroxylation is 1. The molecule has 1 fully saturated rings. The molecule has 0 spiro atoms. The van der Waals surface area contributed by atoms with E-state index in [1.165, 1.54) is 0 Å². The van der Waals surface area contributed by atoms with Crippen LogP contribution in [0.25, 0.3) is 11.4 Å². The molecule has 2 aliphatic rings. The number of nitrogens with one attached hydrogen (secondary N) is 1. The van der Waals surface area contributed by atoms with Gasteiger partial charge in [-0.25, -0.2) is 14.8 Å². The van der Waals surface area contributed by atoms with Crippen LogP contribution in [-0.2, 0) is 0 Å². The Bertz CT molecular complexity index is 809. The molecule has 26 heavy (non-hydrogen) atoms. The van der Waals surface area contributed by atoms with E-state index in [4.69, 9.17) is 0 Å². The van der Waals surface area contributed by atoms with Crippen LogP contribution >= 0.6 is 0 Å². The molecule has 4 rings (SSSR count). The van der Waals surface area contributed by atoms with Crippen LogP contribution in [0.2, 0.25) is 0 Å². The predicted molar refractivity (Wildman–Crippen MR) is 102 cm³/mol. The minimum Gasteiger partial charge on any atom is -0.323 e. The lowest BCUT2D eigenvalue weighted by atomic mass is 10.2. The molecule has 1 atom stereocenters. The minimum atomic E-state index is -0.0285. The topological polar surface area (TPSA) is 61.4 Å². The molecule has 6 heteroatoms. The van der Waals surface area contributed by atoms with Gasteiger partial charge in [-0.05, 0) is 43.7 Å². The fourth-order valence-electron chi connectivity index (χ4n) is 3.51. The highest BCUT2D eigenvalue weighted by molar-refractivity contribution is 5.89. The average molecular weight is 349 g/mol. The summed E-state index contributed by atoms with van der Waals surface area (Å²) in [6.45, 7) is 5.55. The molecule has 2 aliphatic heterocycles. The van der Waals surface area contributed by atoms with Crippen LogP contribution < -0.4 is 5.32 Å². The summed E-state index contributed by atoms with van der Waals surface area (Å²) < 4.78 is 0. The number of amides is 2. The van der Waals surface area contributed by atoms with Gasteiger partial charge >= 0.3 is 6.03 Å². The van der Waals surface area contributed by atoms with Gasteiger partial charge in [0.25, 0.3) is 0 Å². The average Bonchev–Trinajstić information content (AvgIpc) is 3.34. The second-order valence-corrected chi connectivity index (χ2v) is 6.84. The summed E-state index contributed by atoms with van der Waals surface area (Å²) in [6.07, 6.45) is 7.19. The van der Waals surface area contributed by atoms with Gasteiger partial charge in [0.15, 0.2) is 5.82 Å². The molecule has 1 aromatic carbocycles. The number of hydrogen-bond acceptors (Lipinski definition) is 4. The smallest absolute Gasteiger partial charge is 0.321 e. The normalized spacial score (nSPS) is 19.9. The maximum absolute atomic E-state index is 12.5. The van der Waals surface area contributed by atoms with Crippen LogP contribution in [0.3, 0.4) is 0 Å². The number of carbonyl (C=O) groups is 1. The summed E-state index contributed by atoms with van der Waals surface area (Å²) >= 11 is 0. The highest BCUT2D eigenvalue weighted by Gasteiger charge is 2.30. The number of urea groups is 1. The number of anilines is 1. The van der Waals surface area contributed by atoms with Gasteiger partial charge in [0, 0.05) is 55.4 Å². The molecule has 3 heterocycles. The van der Waals surface area contributed by atoms with Gasteiger partial charge in [-0.15, -0.1) is 0 Å². The molecule has 6 nitrogen and oxygen atoms in total. The van der Waals surface area contributed by atoms with Crippen LogP contribution in [0, 0.1) is 6.92 Å². The summed E-state index contributed by atoms with van der Waals surface area (Å²) in [5, 5.41) is 3.00. The van der Waals surface area contributed by atoms with Crippen molar-refractivity contribution in [2.45, 2.75) is 19.4 Å². The van der Waals surface area contributed by atoms with Crippen LogP contribution in [0.15, 0.2) is 48.7 Å². The fourth-order valence-corrected chi connectivity index (χ4v) is 3.51. The summed E-state index contributed by atoms with van der Waals surface area (Å²) in [6, 6.07) is 9.99. The number of rotatable bonds is 3. The highest BCUT2D eigenvalue weighted by atomic mass is 16.2. The van der Waals surface area contributed by atoms with E-state index >= 15 is 0 Å². The van der Waals surface area contributed by atoms with Crippen LogP contribution in [0.1, 0.15) is 12.1 Å². The summed E-state index contributed by atoms with van der Waals surface area (Å²) in [5.41, 5.74) is 2.66. The van der Waals surface area contributed by atoms with Crippen molar-refractivity contribution in [3.8, 4) is 11.4 Å². The first-order valence-electron chi connectivity index (χ1n) is 9.04. The molecular formula is C20H23N5O. The van der Waals surface area contributed by atoms with Gasteiger partial charge in [0.1, 0.15) is 0 Å². The SMILES string of the molecule is Cc1ccnc(-c2ccc(NC(=O)N3CCC(N4CC=CC4)C3)cc2)n1. The third kappa shape index (κ3) is 3.60. The Kier molecular flexibility index (Phi) is 4.67. The van der Waals surface area contributed by atoms with Crippen LogP contribution in [0.4, 0.5) is 10.5 Å². The van der Waals surface area contributed by atoms with Crippen molar-refractivity contribution in [2.24, 2.45) is 0 Å². The van der Waals surface area contributed by atoms with E-state index in [1.54, 1.807) is 6.20 Å². The van der Waals surface area contributed by atoms with Gasteiger partial charge in [-0.1, -0.05) is 12.2 Å². The van der Waals surface area contributed by atoms with E-state index in [9.17, 15) is 4.79 Å². The first kappa shape index (κ1) is 16.7. The maximum Gasteiger partial charge on any atom is 0.321 e. The molecule has 0 radical (unpaired) electrons. The van der Waals surface area contributed by atoms with Gasteiger partial charge in [-0.3, -0.25) is 4.90 Å². The Morgan fingerprint density at radius 2 is 1.92 bits per heavy atom. The molecule has 1 unspecified atom stereocenters. The van der Waals surface area contributed by atoms with E-state index in [0.717, 1.165) is 49.5 Å². The molecule has 1 N–H and O–H groups in total. The van der Waals surface area contributed by atoms with Crippen molar-refractivity contribution in [2.75, 3.05) is 31.5 Å². The zero-order valence-corrected chi connectivity index (χ0v) is 14.9. The van der Waals surface area contributed by atoms with Gasteiger partial charge in [0.2, 0.25) is 0 Å². The van der Waals surface area contributed by atoms with E-state index in [0.29, 0.717) is 11.9 Å². The van der Waals surface area contributed by atoms with E-state index < -0.39 is 0 Å². The third-order valence-electron chi connectivity index (χ3n) is 5.00. The molecule has 2 aromatic rings. The van der Waals surface area contributed by atoms with Crippen molar-refractivity contribution in [1.82, 2.24) is 19.8 Å². The number of hydrogen-bond donors (Lipinski definition) is 1. The van der Waals surface area contributed by atoms with Gasteiger partial charge < -0.3 is 10.2 Å². The lowest BCUT2D eigenvalue weighted by Gasteiger charge is -2.23. The molecule has 0 saturated carbocycles. The quantitative estimate of drug-likeness (QED) is 0.866. The number of benzene rings is 1. The Balaban J connectivity index is 1.36. The first-order valence-corrected chi connectivity index (χ1v) is 9.04. The van der Waals surface area contributed by atoms with Gasteiger partial charge in [0.05, 0.1) is 0 Å². The molecule has 0 bridgehead atoms. The number of nitrogens with zero attached hydrogens (tertiary/aromatic N) is 4. The van der Waals surface area contributed by atoms with Crippen LogP contribution in [-0.4, -0.2) is 58.0 Å². The second-order valence-electron chi connectivity index (χ2n) is 6.84. The Labute approximate surface area is 153 Å². The monoisotopic (exact) mass is 349 g/mol. The van der Waals surface area contributed by atoms with E-state index in [2.05, 4.69) is 32.3 Å². The molecular weight excluding hydrogens is 326 g/mol. The molecule has 1 saturated heterocycles. The van der Waals surface area contributed by atoms with Gasteiger partial charge in [-0.2, -0.15) is 0 Å².